The average Bonchev–Trinajstić information content (AvgIpc) is 2.57. The van der Waals surface area contributed by atoms with Gasteiger partial charge in [0, 0.05) is 25.4 Å². The van der Waals surface area contributed by atoms with Gasteiger partial charge in [0.25, 0.3) is 0 Å². The molecule has 0 aliphatic heterocycles. The standard InChI is InChI=1S/C18H10Cl2FIN2/c19-13-4-1-11(15(20)10-13)2-5-14-7-8-23-18(24-14)12-3-6-17(22)16(21)9-12/h1-10H/b5-2-. The van der Waals surface area contributed by atoms with Crippen molar-refractivity contribution in [3.8, 4) is 11.4 Å². The number of nitrogens with zero attached hydrogens (tertiary/aromatic N) is 2. The summed E-state index contributed by atoms with van der Waals surface area (Å²) in [6, 6.07) is 12.0. The van der Waals surface area contributed by atoms with Crippen molar-refractivity contribution in [3.63, 3.8) is 0 Å². The Hall–Kier alpha value is -1.50. The maximum absolute atomic E-state index is 13.7. The van der Waals surface area contributed by atoms with Crippen LogP contribution in [0.1, 0.15) is 11.3 Å². The molecule has 2 nitrogen and oxygen atoms in total. The lowest BCUT2D eigenvalue weighted by molar-refractivity contribution is 0.620. The van der Waals surface area contributed by atoms with Crippen LogP contribution in [0.2, 0.25) is 10.0 Å². The third kappa shape index (κ3) is 4.12. The zero-order valence-corrected chi connectivity index (χ0v) is 15.8. The molecular weight excluding hydrogens is 461 g/mol. The molecule has 1 heterocycles. The first-order chi connectivity index (χ1) is 11.5. The molecule has 0 aliphatic rings. The summed E-state index contributed by atoms with van der Waals surface area (Å²) in [5.74, 6) is 0.181. The Labute approximate surface area is 162 Å². The predicted molar refractivity (Wildman–Crippen MR) is 106 cm³/mol. The summed E-state index contributed by atoms with van der Waals surface area (Å²) < 4.78 is 14.3. The topological polar surface area (TPSA) is 25.8 Å². The predicted octanol–water partition coefficient (Wildman–Crippen LogP) is 6.36. The summed E-state index contributed by atoms with van der Waals surface area (Å²) in [7, 11) is 0. The van der Waals surface area contributed by atoms with E-state index in [1.807, 2.05) is 40.8 Å². The summed E-state index contributed by atoms with van der Waals surface area (Å²) in [5, 5.41) is 1.15. The number of benzene rings is 2. The summed E-state index contributed by atoms with van der Waals surface area (Å²) in [5.41, 5.74) is 2.17. The van der Waals surface area contributed by atoms with E-state index in [2.05, 4.69) is 9.97 Å². The van der Waals surface area contributed by atoms with E-state index in [1.165, 1.54) is 6.07 Å². The molecule has 0 bridgehead atoms. The van der Waals surface area contributed by atoms with Gasteiger partial charge in [-0.1, -0.05) is 35.3 Å². The van der Waals surface area contributed by atoms with Gasteiger partial charge in [0.1, 0.15) is 5.82 Å². The van der Waals surface area contributed by atoms with E-state index in [0.717, 1.165) is 5.56 Å². The van der Waals surface area contributed by atoms with Gasteiger partial charge in [-0.25, -0.2) is 14.4 Å². The fourth-order valence-electron chi connectivity index (χ4n) is 2.05. The zero-order valence-electron chi connectivity index (χ0n) is 12.2. The smallest absolute Gasteiger partial charge is 0.159 e. The summed E-state index contributed by atoms with van der Waals surface area (Å²) >= 11 is 14.0. The monoisotopic (exact) mass is 470 g/mol. The molecule has 3 aromatic rings. The van der Waals surface area contributed by atoms with Gasteiger partial charge in [-0.2, -0.15) is 0 Å². The molecule has 0 aliphatic carbocycles. The molecule has 120 valence electrons. The van der Waals surface area contributed by atoms with E-state index in [4.69, 9.17) is 23.2 Å². The number of halogens is 4. The van der Waals surface area contributed by atoms with E-state index in [-0.39, 0.29) is 5.82 Å². The molecule has 0 amide bonds. The van der Waals surface area contributed by atoms with E-state index in [0.29, 0.717) is 30.7 Å². The molecule has 24 heavy (non-hydrogen) atoms. The van der Waals surface area contributed by atoms with E-state index < -0.39 is 0 Å². The molecule has 3 rings (SSSR count). The van der Waals surface area contributed by atoms with Crippen molar-refractivity contribution >= 4 is 57.9 Å². The molecule has 0 N–H and O–H groups in total. The van der Waals surface area contributed by atoms with Crippen LogP contribution in [0.4, 0.5) is 4.39 Å². The second kappa shape index (κ2) is 7.59. The lowest BCUT2D eigenvalue weighted by atomic mass is 10.2. The Balaban J connectivity index is 1.90. The van der Waals surface area contributed by atoms with Gasteiger partial charge < -0.3 is 0 Å². The van der Waals surface area contributed by atoms with Gasteiger partial charge in [-0.05, 0) is 70.6 Å². The van der Waals surface area contributed by atoms with E-state index >= 15 is 0 Å². The molecule has 0 unspecified atom stereocenters. The Kier molecular flexibility index (Phi) is 5.48. The second-order valence-electron chi connectivity index (χ2n) is 4.93. The fourth-order valence-corrected chi connectivity index (χ4v) is 2.86. The molecule has 1 aromatic heterocycles. The first-order valence-electron chi connectivity index (χ1n) is 6.94. The number of rotatable bonds is 3. The van der Waals surface area contributed by atoms with Crippen LogP contribution in [0.25, 0.3) is 23.5 Å². The van der Waals surface area contributed by atoms with E-state index in [9.17, 15) is 4.39 Å². The first kappa shape index (κ1) is 17.3. The Morgan fingerprint density at radius 3 is 2.58 bits per heavy atom. The second-order valence-corrected chi connectivity index (χ2v) is 6.94. The Bertz CT molecular complexity index is 929. The van der Waals surface area contributed by atoms with Crippen molar-refractivity contribution in [2.24, 2.45) is 0 Å². The van der Waals surface area contributed by atoms with Crippen molar-refractivity contribution in [2.45, 2.75) is 0 Å². The van der Waals surface area contributed by atoms with Crippen LogP contribution in [-0.2, 0) is 0 Å². The largest absolute Gasteiger partial charge is 0.237 e. The van der Waals surface area contributed by atoms with Crippen LogP contribution in [-0.4, -0.2) is 9.97 Å². The minimum Gasteiger partial charge on any atom is -0.237 e. The van der Waals surface area contributed by atoms with Crippen LogP contribution in [0.5, 0.6) is 0 Å². The molecule has 0 saturated carbocycles. The van der Waals surface area contributed by atoms with Crippen LogP contribution in [0.15, 0.2) is 48.7 Å². The molecule has 0 spiro atoms. The van der Waals surface area contributed by atoms with Crippen LogP contribution in [0.3, 0.4) is 0 Å². The summed E-state index contributed by atoms with van der Waals surface area (Å²) in [6.07, 6.45) is 5.31. The Morgan fingerprint density at radius 1 is 1.00 bits per heavy atom. The Morgan fingerprint density at radius 2 is 1.83 bits per heavy atom. The summed E-state index contributed by atoms with van der Waals surface area (Å²) in [4.78, 5) is 8.65. The van der Waals surface area contributed by atoms with Crippen LogP contribution >= 0.6 is 45.8 Å². The van der Waals surface area contributed by atoms with Gasteiger partial charge in [0.05, 0.1) is 5.69 Å². The SMILES string of the molecule is Fc1cc(-c2nccc(/C=C\c3ccc(Cl)cc3Cl)n2)ccc1I. The molecule has 0 fully saturated rings. The van der Waals surface area contributed by atoms with Crippen molar-refractivity contribution < 1.29 is 4.39 Å². The fraction of sp³-hybridized carbons (Fsp3) is 0. The third-order valence-electron chi connectivity index (χ3n) is 3.25. The van der Waals surface area contributed by atoms with Gasteiger partial charge in [-0.15, -0.1) is 0 Å². The highest BCUT2D eigenvalue weighted by molar-refractivity contribution is 14.1. The number of hydrogen-bond acceptors (Lipinski definition) is 2. The molecule has 2 aromatic carbocycles. The van der Waals surface area contributed by atoms with Gasteiger partial charge in [-0.3, -0.25) is 0 Å². The zero-order chi connectivity index (χ0) is 17.1. The first-order valence-corrected chi connectivity index (χ1v) is 8.78. The van der Waals surface area contributed by atoms with Gasteiger partial charge >= 0.3 is 0 Å². The van der Waals surface area contributed by atoms with Crippen molar-refractivity contribution in [1.29, 1.82) is 0 Å². The van der Waals surface area contributed by atoms with Crippen LogP contribution in [0, 0.1) is 9.39 Å². The molecule has 6 heteroatoms. The van der Waals surface area contributed by atoms with Gasteiger partial charge in [0.2, 0.25) is 0 Å². The lowest BCUT2D eigenvalue weighted by Gasteiger charge is -2.03. The van der Waals surface area contributed by atoms with Gasteiger partial charge in [0.15, 0.2) is 5.82 Å². The van der Waals surface area contributed by atoms with E-state index in [1.54, 1.807) is 36.5 Å². The van der Waals surface area contributed by atoms with Crippen LogP contribution < -0.4 is 0 Å². The molecule has 0 atom stereocenters. The molecule has 0 radical (unpaired) electrons. The van der Waals surface area contributed by atoms with Crippen molar-refractivity contribution in [2.75, 3.05) is 0 Å². The highest BCUT2D eigenvalue weighted by atomic mass is 127. The quantitative estimate of drug-likeness (QED) is 0.416. The maximum atomic E-state index is 13.7. The van der Waals surface area contributed by atoms with Crippen molar-refractivity contribution in [1.82, 2.24) is 9.97 Å². The van der Waals surface area contributed by atoms with Crippen molar-refractivity contribution in [3.05, 3.63) is 79.4 Å². The third-order valence-corrected chi connectivity index (χ3v) is 4.69. The average molecular weight is 471 g/mol. The molecular formula is C18H10Cl2FIN2. The highest BCUT2D eigenvalue weighted by Gasteiger charge is 2.06. The lowest BCUT2D eigenvalue weighted by Crippen LogP contribution is -1.92. The number of hydrogen-bond donors (Lipinski definition) is 0. The normalized spacial score (nSPS) is 11.2. The summed E-state index contributed by atoms with van der Waals surface area (Å²) in [6.45, 7) is 0. The highest BCUT2D eigenvalue weighted by Crippen LogP contribution is 2.23. The maximum Gasteiger partial charge on any atom is 0.159 e. The minimum atomic E-state index is -0.286. The molecule has 0 saturated heterocycles. The number of aromatic nitrogens is 2. The minimum absolute atomic E-state index is 0.286.